The van der Waals surface area contributed by atoms with Crippen LogP contribution in [0.4, 0.5) is 5.69 Å². The van der Waals surface area contributed by atoms with Crippen LogP contribution in [0.3, 0.4) is 0 Å². The molecule has 0 bridgehead atoms. The van der Waals surface area contributed by atoms with E-state index in [0.717, 1.165) is 18.1 Å². The van der Waals surface area contributed by atoms with Gasteiger partial charge in [-0.05, 0) is 45.0 Å². The van der Waals surface area contributed by atoms with E-state index in [1.807, 2.05) is 13.1 Å². The molecule has 2 nitrogen and oxygen atoms in total. The van der Waals surface area contributed by atoms with Crippen LogP contribution < -0.4 is 10.2 Å². The summed E-state index contributed by atoms with van der Waals surface area (Å²) in [6.45, 7) is 6.55. The van der Waals surface area contributed by atoms with Crippen molar-refractivity contribution >= 4 is 17.3 Å². The molecule has 0 saturated carbocycles. The van der Waals surface area contributed by atoms with Crippen molar-refractivity contribution in [3.63, 3.8) is 0 Å². The number of benzene rings is 1. The molecule has 0 aliphatic carbocycles. The van der Waals surface area contributed by atoms with Gasteiger partial charge in [0.05, 0.1) is 0 Å². The highest BCUT2D eigenvalue weighted by Crippen LogP contribution is 2.30. The van der Waals surface area contributed by atoms with Gasteiger partial charge in [0.1, 0.15) is 0 Å². The van der Waals surface area contributed by atoms with Gasteiger partial charge in [-0.2, -0.15) is 0 Å². The van der Waals surface area contributed by atoms with Crippen molar-refractivity contribution in [3.8, 4) is 0 Å². The molecule has 3 heteroatoms. The van der Waals surface area contributed by atoms with E-state index >= 15 is 0 Å². The standard InChI is InChI=1S/C13H19ClN2/c1-10-4-5-11(14)8-12(10)16-7-6-13(2,9-16)15-3/h4-5,8,15H,6-7,9H2,1-3H3. The van der Waals surface area contributed by atoms with E-state index in [9.17, 15) is 0 Å². The predicted octanol–water partition coefficient (Wildman–Crippen LogP) is 2.84. The van der Waals surface area contributed by atoms with E-state index in [2.05, 4.69) is 36.2 Å². The molecule has 1 aliphatic rings. The van der Waals surface area contributed by atoms with Gasteiger partial charge in [-0.15, -0.1) is 0 Å². The Labute approximate surface area is 103 Å². The van der Waals surface area contributed by atoms with Crippen molar-refractivity contribution < 1.29 is 0 Å². The molecule has 0 spiro atoms. The van der Waals surface area contributed by atoms with Crippen LogP contribution in [0.25, 0.3) is 0 Å². The summed E-state index contributed by atoms with van der Waals surface area (Å²) in [7, 11) is 2.04. The first-order valence-electron chi connectivity index (χ1n) is 5.74. The molecule has 1 fully saturated rings. The molecule has 0 aromatic heterocycles. The van der Waals surface area contributed by atoms with Gasteiger partial charge in [0.15, 0.2) is 0 Å². The van der Waals surface area contributed by atoms with Gasteiger partial charge in [0.25, 0.3) is 0 Å². The lowest BCUT2D eigenvalue weighted by atomic mass is 10.0. The van der Waals surface area contributed by atoms with Crippen LogP contribution in [0.2, 0.25) is 5.02 Å². The zero-order valence-corrected chi connectivity index (χ0v) is 10.9. The molecule has 2 rings (SSSR count). The van der Waals surface area contributed by atoms with Crippen LogP contribution >= 0.6 is 11.6 Å². The molecule has 1 aliphatic heterocycles. The molecule has 1 heterocycles. The fourth-order valence-corrected chi connectivity index (χ4v) is 2.46. The summed E-state index contributed by atoms with van der Waals surface area (Å²) in [5.74, 6) is 0. The Kier molecular flexibility index (Phi) is 3.13. The Bertz CT molecular complexity index is 392. The predicted molar refractivity (Wildman–Crippen MR) is 70.5 cm³/mol. The molecular formula is C13H19ClN2. The van der Waals surface area contributed by atoms with Crippen molar-refractivity contribution in [2.75, 3.05) is 25.0 Å². The smallest absolute Gasteiger partial charge is 0.0426 e. The minimum atomic E-state index is 0.231. The van der Waals surface area contributed by atoms with Crippen molar-refractivity contribution in [3.05, 3.63) is 28.8 Å². The van der Waals surface area contributed by atoms with Crippen molar-refractivity contribution in [2.45, 2.75) is 25.8 Å². The second kappa shape index (κ2) is 4.27. The summed E-state index contributed by atoms with van der Waals surface area (Å²) < 4.78 is 0. The number of nitrogens with one attached hydrogen (secondary N) is 1. The highest BCUT2D eigenvalue weighted by Gasteiger charge is 2.32. The molecule has 88 valence electrons. The number of aryl methyl sites for hydroxylation is 1. The Morgan fingerprint density at radius 2 is 2.19 bits per heavy atom. The minimum Gasteiger partial charge on any atom is -0.369 e. The summed E-state index contributed by atoms with van der Waals surface area (Å²) in [5.41, 5.74) is 2.80. The fraction of sp³-hybridized carbons (Fsp3) is 0.538. The zero-order chi connectivity index (χ0) is 11.8. The first-order chi connectivity index (χ1) is 7.54. The quantitative estimate of drug-likeness (QED) is 0.853. The van der Waals surface area contributed by atoms with Gasteiger partial charge in [-0.1, -0.05) is 17.7 Å². The summed E-state index contributed by atoms with van der Waals surface area (Å²) in [5, 5.41) is 4.22. The van der Waals surface area contributed by atoms with Crippen LogP contribution in [0.5, 0.6) is 0 Å². The molecule has 1 unspecified atom stereocenters. The average Bonchev–Trinajstić information content (AvgIpc) is 2.65. The highest BCUT2D eigenvalue weighted by molar-refractivity contribution is 6.30. The average molecular weight is 239 g/mol. The maximum Gasteiger partial charge on any atom is 0.0426 e. The van der Waals surface area contributed by atoms with Crippen LogP contribution in [-0.4, -0.2) is 25.7 Å². The number of likely N-dealkylation sites (N-methyl/N-ethyl adjacent to an activating group) is 1. The number of rotatable bonds is 2. The Morgan fingerprint density at radius 3 is 2.81 bits per heavy atom. The Balaban J connectivity index is 2.23. The molecule has 1 atom stereocenters. The van der Waals surface area contributed by atoms with E-state index in [0.29, 0.717) is 0 Å². The minimum absolute atomic E-state index is 0.231. The summed E-state index contributed by atoms with van der Waals surface area (Å²) in [4.78, 5) is 2.41. The Morgan fingerprint density at radius 1 is 1.44 bits per heavy atom. The fourth-order valence-electron chi connectivity index (χ4n) is 2.29. The largest absolute Gasteiger partial charge is 0.369 e. The second-order valence-electron chi connectivity index (χ2n) is 4.91. The first-order valence-corrected chi connectivity index (χ1v) is 6.12. The van der Waals surface area contributed by atoms with Crippen LogP contribution in [0.1, 0.15) is 18.9 Å². The third-order valence-corrected chi connectivity index (χ3v) is 3.82. The second-order valence-corrected chi connectivity index (χ2v) is 5.35. The van der Waals surface area contributed by atoms with Crippen LogP contribution in [0.15, 0.2) is 18.2 Å². The van der Waals surface area contributed by atoms with Crippen molar-refractivity contribution in [2.24, 2.45) is 0 Å². The third kappa shape index (κ3) is 2.18. The van der Waals surface area contributed by atoms with Gasteiger partial charge >= 0.3 is 0 Å². The summed E-state index contributed by atoms with van der Waals surface area (Å²) >= 11 is 6.06. The number of anilines is 1. The number of nitrogens with zero attached hydrogens (tertiary/aromatic N) is 1. The SMILES string of the molecule is CNC1(C)CCN(c2cc(Cl)ccc2C)C1. The van der Waals surface area contributed by atoms with E-state index in [1.54, 1.807) is 0 Å². The van der Waals surface area contributed by atoms with E-state index in [4.69, 9.17) is 11.6 Å². The molecular weight excluding hydrogens is 220 g/mol. The van der Waals surface area contributed by atoms with E-state index in [-0.39, 0.29) is 5.54 Å². The number of hydrogen-bond acceptors (Lipinski definition) is 2. The van der Waals surface area contributed by atoms with E-state index < -0.39 is 0 Å². The van der Waals surface area contributed by atoms with Crippen molar-refractivity contribution in [1.29, 1.82) is 0 Å². The molecule has 1 aromatic rings. The lowest BCUT2D eigenvalue weighted by molar-refractivity contribution is 0.428. The zero-order valence-electron chi connectivity index (χ0n) is 10.2. The number of hydrogen-bond donors (Lipinski definition) is 1. The Hall–Kier alpha value is -0.730. The first kappa shape index (κ1) is 11.7. The summed E-state index contributed by atoms with van der Waals surface area (Å²) in [6.07, 6.45) is 1.18. The lowest BCUT2D eigenvalue weighted by Crippen LogP contribution is -2.42. The third-order valence-electron chi connectivity index (χ3n) is 3.59. The maximum atomic E-state index is 6.06. The van der Waals surface area contributed by atoms with Gasteiger partial charge < -0.3 is 10.2 Å². The monoisotopic (exact) mass is 238 g/mol. The molecule has 1 aromatic carbocycles. The van der Waals surface area contributed by atoms with Crippen molar-refractivity contribution in [1.82, 2.24) is 5.32 Å². The van der Waals surface area contributed by atoms with Crippen LogP contribution in [-0.2, 0) is 0 Å². The molecule has 16 heavy (non-hydrogen) atoms. The summed E-state index contributed by atoms with van der Waals surface area (Å²) in [6, 6.07) is 6.11. The van der Waals surface area contributed by atoms with Crippen LogP contribution in [0, 0.1) is 6.92 Å². The lowest BCUT2D eigenvalue weighted by Gasteiger charge is -2.26. The normalized spacial score (nSPS) is 25.1. The highest BCUT2D eigenvalue weighted by atomic mass is 35.5. The topological polar surface area (TPSA) is 15.3 Å². The van der Waals surface area contributed by atoms with Gasteiger partial charge in [0.2, 0.25) is 0 Å². The van der Waals surface area contributed by atoms with Gasteiger partial charge in [-0.25, -0.2) is 0 Å². The molecule has 1 N–H and O–H groups in total. The maximum absolute atomic E-state index is 6.06. The van der Waals surface area contributed by atoms with E-state index in [1.165, 1.54) is 17.7 Å². The molecule has 1 saturated heterocycles. The number of halogens is 1. The molecule has 0 amide bonds. The van der Waals surface area contributed by atoms with Gasteiger partial charge in [0, 0.05) is 29.3 Å². The van der Waals surface area contributed by atoms with Gasteiger partial charge in [-0.3, -0.25) is 0 Å². The molecule has 0 radical (unpaired) electrons.